The van der Waals surface area contributed by atoms with Gasteiger partial charge in [-0.15, -0.1) is 0 Å². The summed E-state index contributed by atoms with van der Waals surface area (Å²) in [5, 5.41) is 8.44. The maximum atomic E-state index is 11.9. The zero-order chi connectivity index (χ0) is 15.4. The molecule has 1 aromatic rings. The van der Waals surface area contributed by atoms with E-state index in [1.807, 2.05) is 0 Å². The van der Waals surface area contributed by atoms with E-state index in [-0.39, 0.29) is 0 Å². The second kappa shape index (κ2) is 6.42. The van der Waals surface area contributed by atoms with Gasteiger partial charge in [-0.1, -0.05) is 42.5 Å². The van der Waals surface area contributed by atoms with E-state index in [2.05, 4.69) is 12.2 Å². The average molecular weight is 336 g/mol. The van der Waals surface area contributed by atoms with Crippen molar-refractivity contribution in [1.82, 2.24) is 0 Å². The normalized spacial score (nSPS) is 12.0. The van der Waals surface area contributed by atoms with E-state index >= 15 is 0 Å². The number of carbonyl (C=O) groups is 1. The van der Waals surface area contributed by atoms with E-state index in [0.717, 1.165) is 0 Å². The monoisotopic (exact) mass is 336 g/mol. The SMILES string of the molecule is O=C(O)CCS(=O)(=O)C(=S)S(=O)(=O)Cc1ccccc1. The fourth-order valence-corrected chi connectivity index (χ4v) is 5.11. The lowest BCUT2D eigenvalue weighted by molar-refractivity contribution is -0.136. The summed E-state index contributed by atoms with van der Waals surface area (Å²) in [6.07, 6.45) is -0.691. The van der Waals surface area contributed by atoms with E-state index < -0.39 is 47.1 Å². The molecule has 0 radical (unpaired) electrons. The number of carboxylic acids is 1. The maximum absolute atomic E-state index is 11.9. The third kappa shape index (κ3) is 4.66. The molecule has 9 heteroatoms. The number of sulfone groups is 2. The van der Waals surface area contributed by atoms with Crippen LogP contribution in [0.15, 0.2) is 30.3 Å². The number of hydrogen-bond acceptors (Lipinski definition) is 6. The van der Waals surface area contributed by atoms with Crippen LogP contribution in [-0.4, -0.2) is 37.2 Å². The Kier molecular flexibility index (Phi) is 5.37. The van der Waals surface area contributed by atoms with Gasteiger partial charge in [0.15, 0.2) is 9.84 Å². The highest BCUT2D eigenvalue weighted by molar-refractivity contribution is 8.40. The number of carboxylic acid groups (broad SMARTS) is 1. The first kappa shape index (κ1) is 16.7. The highest BCUT2D eigenvalue weighted by Gasteiger charge is 2.31. The van der Waals surface area contributed by atoms with Gasteiger partial charge in [-0.05, 0) is 5.56 Å². The summed E-state index contributed by atoms with van der Waals surface area (Å²) in [6, 6.07) is 7.99. The second-order valence-electron chi connectivity index (χ2n) is 3.96. The first-order chi connectivity index (χ1) is 9.15. The first-order valence-electron chi connectivity index (χ1n) is 5.40. The van der Waals surface area contributed by atoms with Gasteiger partial charge in [-0.3, -0.25) is 4.79 Å². The van der Waals surface area contributed by atoms with Crippen molar-refractivity contribution in [1.29, 1.82) is 0 Å². The number of rotatable bonds is 5. The van der Waals surface area contributed by atoms with Gasteiger partial charge in [0.2, 0.25) is 13.4 Å². The summed E-state index contributed by atoms with van der Waals surface area (Å²) >= 11 is 4.51. The van der Waals surface area contributed by atoms with Crippen molar-refractivity contribution in [2.75, 3.05) is 5.75 Å². The van der Waals surface area contributed by atoms with E-state index in [1.165, 1.54) is 12.1 Å². The van der Waals surface area contributed by atoms with Crippen molar-refractivity contribution in [2.45, 2.75) is 12.2 Å². The highest BCUT2D eigenvalue weighted by atomic mass is 32.3. The predicted molar refractivity (Wildman–Crippen MR) is 77.7 cm³/mol. The Bertz CT molecular complexity index is 704. The molecule has 0 aromatic heterocycles. The Hall–Kier alpha value is -1.32. The standard InChI is InChI=1S/C11H12O6S3/c12-10(13)6-7-19(14,15)11(18)20(16,17)8-9-4-2-1-3-5-9/h1-5H,6-8H2,(H,12,13). The Morgan fingerprint density at radius 2 is 1.60 bits per heavy atom. The molecule has 0 bridgehead atoms. The largest absolute Gasteiger partial charge is 0.481 e. The average Bonchev–Trinajstić information content (AvgIpc) is 2.36. The molecular formula is C11H12O6S3. The van der Waals surface area contributed by atoms with Crippen LogP contribution < -0.4 is 0 Å². The molecule has 20 heavy (non-hydrogen) atoms. The van der Waals surface area contributed by atoms with Gasteiger partial charge < -0.3 is 5.11 Å². The van der Waals surface area contributed by atoms with Crippen LogP contribution in [0.25, 0.3) is 0 Å². The van der Waals surface area contributed by atoms with Crippen LogP contribution in [0.4, 0.5) is 0 Å². The van der Waals surface area contributed by atoms with Crippen LogP contribution in [-0.2, 0) is 30.2 Å². The Morgan fingerprint density at radius 1 is 1.05 bits per heavy atom. The molecule has 0 aliphatic rings. The molecule has 1 N–H and O–H groups in total. The first-order valence-corrected chi connectivity index (χ1v) is 9.11. The molecule has 0 amide bonds. The smallest absolute Gasteiger partial charge is 0.304 e. The molecule has 0 fully saturated rings. The zero-order valence-electron chi connectivity index (χ0n) is 10.2. The van der Waals surface area contributed by atoms with Gasteiger partial charge in [0.05, 0.1) is 17.9 Å². The summed E-state index contributed by atoms with van der Waals surface area (Å²) in [5.41, 5.74) is 0.406. The van der Waals surface area contributed by atoms with E-state index in [4.69, 9.17) is 5.11 Å². The fraction of sp³-hybridized carbons (Fsp3) is 0.273. The van der Waals surface area contributed by atoms with Crippen LogP contribution >= 0.6 is 12.2 Å². The van der Waals surface area contributed by atoms with Crippen molar-refractivity contribution >= 4 is 41.4 Å². The minimum Gasteiger partial charge on any atom is -0.481 e. The lowest BCUT2D eigenvalue weighted by Gasteiger charge is -2.06. The third-order valence-electron chi connectivity index (χ3n) is 2.29. The molecule has 0 saturated carbocycles. The Morgan fingerprint density at radius 3 is 2.10 bits per heavy atom. The summed E-state index contributed by atoms with van der Waals surface area (Å²) in [7, 11) is -8.44. The summed E-state index contributed by atoms with van der Waals surface area (Å²) in [4.78, 5) is 10.4. The molecule has 0 atom stereocenters. The molecule has 1 rings (SSSR count). The van der Waals surface area contributed by atoms with Crippen molar-refractivity contribution in [3.63, 3.8) is 0 Å². The predicted octanol–water partition coefficient (Wildman–Crippen LogP) is 0.776. The minimum atomic E-state index is -4.27. The van der Waals surface area contributed by atoms with Crippen molar-refractivity contribution in [2.24, 2.45) is 0 Å². The third-order valence-corrected chi connectivity index (χ3v) is 7.81. The molecule has 0 aliphatic heterocycles. The van der Waals surface area contributed by atoms with Gasteiger partial charge in [-0.2, -0.15) is 0 Å². The topological polar surface area (TPSA) is 106 Å². The molecule has 0 heterocycles. The van der Waals surface area contributed by atoms with Crippen LogP contribution in [0, 0.1) is 0 Å². The van der Waals surface area contributed by atoms with Crippen molar-refractivity contribution in [3.8, 4) is 0 Å². The van der Waals surface area contributed by atoms with Gasteiger partial charge in [-0.25, -0.2) is 16.8 Å². The second-order valence-corrected chi connectivity index (χ2v) is 9.11. The molecule has 6 nitrogen and oxygen atoms in total. The minimum absolute atomic E-state index is 0.406. The zero-order valence-corrected chi connectivity index (χ0v) is 12.7. The van der Waals surface area contributed by atoms with Crippen molar-refractivity contribution in [3.05, 3.63) is 35.9 Å². The van der Waals surface area contributed by atoms with Gasteiger partial charge >= 0.3 is 5.97 Å². The van der Waals surface area contributed by atoms with E-state index in [0.29, 0.717) is 5.56 Å². The van der Waals surface area contributed by atoms with Gasteiger partial charge in [0, 0.05) is 0 Å². The van der Waals surface area contributed by atoms with Gasteiger partial charge in [0.1, 0.15) is 0 Å². The summed E-state index contributed by atoms with van der Waals surface area (Å²) < 4.78 is 46.1. The van der Waals surface area contributed by atoms with E-state index in [9.17, 15) is 21.6 Å². The highest BCUT2D eigenvalue weighted by Crippen LogP contribution is 2.13. The Labute approximate surface area is 122 Å². The van der Waals surface area contributed by atoms with Gasteiger partial charge in [0.25, 0.3) is 0 Å². The lowest BCUT2D eigenvalue weighted by atomic mass is 10.2. The fourth-order valence-electron chi connectivity index (χ4n) is 1.35. The number of aliphatic carboxylic acids is 1. The lowest BCUT2D eigenvalue weighted by Crippen LogP contribution is -2.27. The van der Waals surface area contributed by atoms with Crippen LogP contribution in [0.1, 0.15) is 12.0 Å². The quantitative estimate of drug-likeness (QED) is 0.792. The number of hydrogen-bond donors (Lipinski definition) is 1. The summed E-state index contributed by atoms with van der Waals surface area (Å²) in [6.45, 7) is 0. The maximum Gasteiger partial charge on any atom is 0.304 e. The van der Waals surface area contributed by atoms with Crippen LogP contribution in [0.5, 0.6) is 0 Å². The molecule has 110 valence electrons. The number of thiocarbonyl (C=S) groups is 1. The molecule has 0 spiro atoms. The Balaban J connectivity index is 2.92. The summed E-state index contributed by atoms with van der Waals surface area (Å²) in [5.74, 6) is -2.69. The molecule has 0 saturated heterocycles. The van der Waals surface area contributed by atoms with Crippen LogP contribution in [0.2, 0.25) is 0 Å². The van der Waals surface area contributed by atoms with Crippen molar-refractivity contribution < 1.29 is 26.7 Å². The number of benzene rings is 1. The van der Waals surface area contributed by atoms with Crippen LogP contribution in [0.3, 0.4) is 0 Å². The van der Waals surface area contributed by atoms with E-state index in [1.54, 1.807) is 18.2 Å². The molecule has 0 aliphatic carbocycles. The molecular weight excluding hydrogens is 324 g/mol. The molecule has 0 unspecified atom stereocenters. The molecule has 1 aromatic carbocycles.